The van der Waals surface area contributed by atoms with E-state index in [2.05, 4.69) is 68.6 Å². The molecule has 0 unspecified atom stereocenters. The van der Waals surface area contributed by atoms with Crippen LogP contribution in [0.3, 0.4) is 0 Å². The minimum atomic E-state index is -1.42. The van der Waals surface area contributed by atoms with Crippen LogP contribution in [0.1, 0.15) is 12.8 Å². The Hall–Kier alpha value is -1.13. The molecule has 155 valence electrons. The first-order chi connectivity index (χ1) is 13.0. The van der Waals surface area contributed by atoms with Gasteiger partial charge in [-0.2, -0.15) is 11.4 Å². The van der Waals surface area contributed by atoms with Crippen molar-refractivity contribution in [1.29, 1.82) is 0 Å². The molecule has 6 heteroatoms. The molecular weight excluding hydrogens is 458 g/mol. The van der Waals surface area contributed by atoms with Gasteiger partial charge in [0.05, 0.1) is 0 Å². The van der Waals surface area contributed by atoms with Crippen molar-refractivity contribution in [3.63, 3.8) is 0 Å². The van der Waals surface area contributed by atoms with Crippen LogP contribution in [0.15, 0.2) is 54.6 Å². The summed E-state index contributed by atoms with van der Waals surface area (Å²) in [5, 5.41) is 0. The van der Waals surface area contributed by atoms with Gasteiger partial charge in [-0.15, -0.1) is 0 Å². The van der Waals surface area contributed by atoms with Gasteiger partial charge < -0.3 is 23.8 Å². The van der Waals surface area contributed by atoms with Crippen molar-refractivity contribution in [3.8, 4) is 0 Å². The zero-order valence-corrected chi connectivity index (χ0v) is 22.3. The third-order valence-electron chi connectivity index (χ3n) is 2.91. The molecule has 2 rings (SSSR count). The Morgan fingerprint density at radius 1 is 0.714 bits per heavy atom. The van der Waals surface area contributed by atoms with Crippen LogP contribution in [-0.4, -0.2) is 16.5 Å². The molecule has 0 radical (unpaired) electrons. The number of rotatable bonds is 5. The first-order valence-corrected chi connectivity index (χ1v) is 17.3. The summed E-state index contributed by atoms with van der Waals surface area (Å²) in [6.07, 6.45) is 1.92. The molecule has 0 aliphatic rings. The topological polar surface area (TPSA) is 32.6 Å². The van der Waals surface area contributed by atoms with Crippen LogP contribution in [-0.2, 0) is 19.4 Å². The van der Waals surface area contributed by atoms with Gasteiger partial charge >= 0.3 is 58.8 Å². The van der Waals surface area contributed by atoms with Crippen LogP contribution in [0.4, 0.5) is 17.1 Å². The van der Waals surface area contributed by atoms with E-state index in [1.807, 2.05) is 42.5 Å². The first-order valence-electron chi connectivity index (χ1n) is 9.54. The van der Waals surface area contributed by atoms with E-state index in [-0.39, 0.29) is 0 Å². The van der Waals surface area contributed by atoms with Crippen molar-refractivity contribution in [2.24, 2.45) is 0 Å². The van der Waals surface area contributed by atoms with E-state index in [1.165, 1.54) is 0 Å². The van der Waals surface area contributed by atoms with Crippen LogP contribution in [0.25, 0.3) is 13.3 Å². The van der Waals surface area contributed by atoms with Crippen molar-refractivity contribution in [2.75, 3.05) is 0 Å². The quantitative estimate of drug-likeness (QED) is 0.294. The Morgan fingerprint density at radius 2 is 1.07 bits per heavy atom. The number of benzene rings is 2. The van der Waals surface area contributed by atoms with E-state index in [4.69, 9.17) is 9.96 Å². The fourth-order valence-electron chi connectivity index (χ4n) is 1.86. The predicted molar refractivity (Wildman–Crippen MR) is 129 cm³/mol. The van der Waals surface area contributed by atoms with Crippen molar-refractivity contribution in [2.45, 2.75) is 52.1 Å². The number of hydrogen-bond acceptors (Lipinski definition) is 0. The van der Waals surface area contributed by atoms with Gasteiger partial charge in [-0.1, -0.05) is 63.5 Å². The Kier molecular flexibility index (Phi) is 13.4. The summed E-state index contributed by atoms with van der Waals surface area (Å²) in [6, 6.07) is 18.1. The zero-order chi connectivity index (χ0) is 21.6. The summed E-state index contributed by atoms with van der Waals surface area (Å²) in [7, 11) is -2.85. The summed E-state index contributed by atoms with van der Waals surface area (Å²) >= 11 is 1.72. The maximum atomic E-state index is 4.84. The molecule has 0 saturated carbocycles. The van der Waals surface area contributed by atoms with Gasteiger partial charge in [0.2, 0.25) is 0 Å². The predicted octanol–water partition coefficient (Wildman–Crippen LogP) is 8.96. The second kappa shape index (κ2) is 13.9. The van der Waals surface area contributed by atoms with Gasteiger partial charge in [0.15, 0.2) is 0 Å². The molecule has 0 amide bonds. The molecule has 0 aliphatic heterocycles. The van der Waals surface area contributed by atoms with Crippen molar-refractivity contribution in [1.82, 2.24) is 0 Å². The van der Waals surface area contributed by atoms with E-state index in [0.29, 0.717) is 0 Å². The molecule has 0 fully saturated rings. The van der Waals surface area contributed by atoms with E-state index in [1.54, 1.807) is 19.4 Å². The number of unbranched alkanes of at least 4 members (excludes halogenated alkanes) is 1. The van der Waals surface area contributed by atoms with Crippen LogP contribution in [0.2, 0.25) is 39.3 Å². The summed E-state index contributed by atoms with van der Waals surface area (Å²) in [4.78, 5) is 9.69. The third-order valence-corrected chi connectivity index (χ3v) is 5.25. The third kappa shape index (κ3) is 14.9. The second-order valence-corrected chi connectivity index (χ2v) is 17.8. The molecule has 0 spiro atoms. The van der Waals surface area contributed by atoms with Crippen molar-refractivity contribution in [3.05, 3.63) is 81.7 Å². The van der Waals surface area contributed by atoms with Crippen LogP contribution < -0.4 is 0 Å². The summed E-state index contributed by atoms with van der Waals surface area (Å²) < 4.78 is 3.98. The fourth-order valence-corrected chi connectivity index (χ4v) is 3.99. The maximum absolute atomic E-state index is 4.84. The molecule has 28 heavy (non-hydrogen) atoms. The molecule has 0 atom stereocenters. The molecule has 0 aromatic heterocycles. The Labute approximate surface area is 186 Å². The molecule has 0 aliphatic carbocycles. The van der Waals surface area contributed by atoms with Gasteiger partial charge in [0.25, 0.3) is 0 Å². The molecule has 0 saturated heterocycles. The monoisotopic (exact) mass is 495 g/mol. The van der Waals surface area contributed by atoms with Crippen LogP contribution in [0.5, 0.6) is 0 Å². The van der Waals surface area contributed by atoms with Crippen LogP contribution >= 0.6 is 0 Å². The molecule has 0 bridgehead atoms. The normalized spacial score (nSPS) is 10.4. The van der Waals surface area contributed by atoms with Crippen molar-refractivity contribution >= 4 is 33.5 Å². The second-order valence-electron chi connectivity index (χ2n) is 8.19. The Balaban J connectivity index is 0.000000502. The van der Waals surface area contributed by atoms with Crippen molar-refractivity contribution < 1.29 is 19.4 Å². The van der Waals surface area contributed by atoms with Gasteiger partial charge in [0.1, 0.15) is 0 Å². The Morgan fingerprint density at radius 3 is 1.32 bits per heavy atom. The number of hydrogen-bond donors (Lipinski definition) is 0. The molecule has 2 aromatic carbocycles. The minimum absolute atomic E-state index is 0.958. The fraction of sp³-hybridized carbons (Fsp3) is 0.364. The van der Waals surface area contributed by atoms with Gasteiger partial charge in [-0.25, -0.2) is 12.8 Å². The Bertz CT molecular complexity index is 665. The van der Waals surface area contributed by atoms with E-state index in [0.717, 1.165) is 29.9 Å². The number of nitrogens with zero attached hydrogens (tertiary/aromatic N) is 3. The van der Waals surface area contributed by atoms with Gasteiger partial charge in [0, 0.05) is 0 Å². The summed E-state index contributed by atoms with van der Waals surface area (Å²) in [6.45, 7) is 20.6. The molecular formula is C22H35MoN3Si2-3. The van der Waals surface area contributed by atoms with Crippen LogP contribution in [0, 0.1) is 13.8 Å². The van der Waals surface area contributed by atoms with Gasteiger partial charge in [-0.3, -0.25) is 0 Å². The van der Waals surface area contributed by atoms with E-state index in [9.17, 15) is 0 Å². The summed E-state index contributed by atoms with van der Waals surface area (Å²) in [5.74, 6) is 0. The molecule has 3 nitrogen and oxygen atoms in total. The first kappa shape index (κ1) is 26.9. The zero-order valence-electron chi connectivity index (χ0n) is 18.3. The average molecular weight is 494 g/mol. The molecule has 0 heterocycles. The van der Waals surface area contributed by atoms with E-state index < -0.39 is 16.5 Å². The SMILES string of the molecule is C[Si](C)(C)[N-]c1ccccc1[N-][Si](C)(C)C.[CH2-]CC[CH2-].[Mo]#[N+]c1ccccc1. The average Bonchev–Trinajstić information content (AvgIpc) is 2.62. The van der Waals surface area contributed by atoms with Gasteiger partial charge in [-0.05, 0) is 16.5 Å². The van der Waals surface area contributed by atoms with E-state index >= 15 is 0 Å². The molecule has 2 aromatic rings. The molecule has 0 N–H and O–H groups in total. The standard InChI is InChI=1S/C12H22N2Si2.C6H5N.C4H8.Mo/c1-15(2,3)13-11-9-7-8-10-12(11)14-16(4,5)6;7-6-4-2-1-3-5-6;1-3-4-2;/h7-10H,1-6H3;1-5H;1-4H2;/q-2;+1;-2;. The summed E-state index contributed by atoms with van der Waals surface area (Å²) in [5.41, 5.74) is 3.19.